The largest absolute Gasteiger partial charge is 0.255 e. The van der Waals surface area contributed by atoms with E-state index in [1.807, 2.05) is 164 Å². The van der Waals surface area contributed by atoms with Crippen LogP contribution in [0.5, 0.6) is 0 Å². The van der Waals surface area contributed by atoms with Crippen LogP contribution in [0, 0.1) is 0 Å². The number of rotatable bonds is 9. The molecule has 282 valence electrons. The minimum Gasteiger partial charge on any atom is -0.255 e. The SMILES string of the molecule is c1ccc(-c2cc(-c3ccc(-c4cc(-c5ccccc5-c5nc(-c6ccccc6)nc(-c6ccccc6)n5)cc(-c5ccccn5)n4)nc3)nc(-c3ccccc3)n2)cc1. The molecule has 0 bridgehead atoms. The number of pyridine rings is 3. The van der Waals surface area contributed by atoms with Crippen LogP contribution in [0.25, 0.3) is 102 Å². The van der Waals surface area contributed by atoms with Gasteiger partial charge in [0.25, 0.3) is 0 Å². The first-order chi connectivity index (χ1) is 29.7. The molecule has 8 nitrogen and oxygen atoms in total. The van der Waals surface area contributed by atoms with Crippen molar-refractivity contribution in [3.8, 4) is 102 Å². The van der Waals surface area contributed by atoms with Crippen molar-refractivity contribution < 1.29 is 0 Å². The predicted molar refractivity (Wildman–Crippen MR) is 238 cm³/mol. The van der Waals surface area contributed by atoms with E-state index < -0.39 is 0 Å². The third kappa shape index (κ3) is 7.56. The Morgan fingerprint density at radius 2 is 0.700 bits per heavy atom. The van der Waals surface area contributed by atoms with E-state index in [1.165, 1.54) is 0 Å². The van der Waals surface area contributed by atoms with Crippen molar-refractivity contribution in [3.63, 3.8) is 0 Å². The molecule has 5 aromatic heterocycles. The topological polar surface area (TPSA) is 103 Å². The van der Waals surface area contributed by atoms with Gasteiger partial charge < -0.3 is 0 Å². The van der Waals surface area contributed by atoms with Crippen LogP contribution >= 0.6 is 0 Å². The molecule has 60 heavy (non-hydrogen) atoms. The summed E-state index contributed by atoms with van der Waals surface area (Å²) in [4.78, 5) is 39.8. The summed E-state index contributed by atoms with van der Waals surface area (Å²) in [5.41, 5.74) is 11.8. The molecule has 0 fully saturated rings. The molecule has 5 heterocycles. The minimum atomic E-state index is 0.563. The molecule has 10 rings (SSSR count). The lowest BCUT2D eigenvalue weighted by atomic mass is 9.97. The van der Waals surface area contributed by atoms with E-state index in [2.05, 4.69) is 41.4 Å². The van der Waals surface area contributed by atoms with Gasteiger partial charge in [0.1, 0.15) is 0 Å². The van der Waals surface area contributed by atoms with Crippen LogP contribution in [0.2, 0.25) is 0 Å². The summed E-state index contributed by atoms with van der Waals surface area (Å²) in [6.07, 6.45) is 3.63. The molecule has 0 atom stereocenters. The lowest BCUT2D eigenvalue weighted by molar-refractivity contribution is 1.07. The first-order valence-electron chi connectivity index (χ1n) is 19.6. The molecule has 0 N–H and O–H groups in total. The average Bonchev–Trinajstić information content (AvgIpc) is 3.35. The zero-order chi connectivity index (χ0) is 40.1. The molecule has 0 saturated carbocycles. The molecule has 0 amide bonds. The van der Waals surface area contributed by atoms with Crippen molar-refractivity contribution in [2.45, 2.75) is 0 Å². The van der Waals surface area contributed by atoms with Crippen LogP contribution in [0.4, 0.5) is 0 Å². The van der Waals surface area contributed by atoms with Gasteiger partial charge in [-0.25, -0.2) is 29.9 Å². The minimum absolute atomic E-state index is 0.563. The molecular formula is C52H34N8. The van der Waals surface area contributed by atoms with Crippen LogP contribution in [-0.4, -0.2) is 39.9 Å². The van der Waals surface area contributed by atoms with Crippen molar-refractivity contribution in [1.29, 1.82) is 0 Å². The predicted octanol–water partition coefficient (Wildman–Crippen LogP) is 11.8. The molecule has 0 unspecified atom stereocenters. The van der Waals surface area contributed by atoms with Gasteiger partial charge in [-0.15, -0.1) is 0 Å². The average molecular weight is 771 g/mol. The molecular weight excluding hydrogens is 737 g/mol. The second-order valence-electron chi connectivity index (χ2n) is 14.1. The quantitative estimate of drug-likeness (QED) is 0.143. The zero-order valence-electron chi connectivity index (χ0n) is 32.2. The van der Waals surface area contributed by atoms with Crippen LogP contribution < -0.4 is 0 Å². The van der Waals surface area contributed by atoms with E-state index in [0.29, 0.717) is 40.4 Å². The normalized spacial score (nSPS) is 11.0. The molecule has 5 aromatic carbocycles. The Balaban J connectivity index is 1.09. The Kier molecular flexibility index (Phi) is 9.75. The summed E-state index contributed by atoms with van der Waals surface area (Å²) >= 11 is 0. The Morgan fingerprint density at radius 3 is 1.23 bits per heavy atom. The third-order valence-corrected chi connectivity index (χ3v) is 10.1. The number of hydrogen-bond donors (Lipinski definition) is 0. The Bertz CT molecular complexity index is 2940. The maximum absolute atomic E-state index is 5.13. The highest BCUT2D eigenvalue weighted by atomic mass is 15.0. The van der Waals surface area contributed by atoms with Crippen LogP contribution in [0.1, 0.15) is 0 Å². The standard InChI is InChI=1S/C52H34N8/c1-5-17-35(18-6-1)45-33-46(57-49(56-45)36-19-7-2-8-20-36)39-28-29-44(54-34-39)48-32-40(31-47(55-48)43-27-15-16-30-53-43)41-25-13-14-26-42(41)52-59-50(37-21-9-3-10-22-37)58-51(60-52)38-23-11-4-12-24-38/h1-34H. The smallest absolute Gasteiger partial charge is 0.164 e. The summed E-state index contributed by atoms with van der Waals surface area (Å²) in [7, 11) is 0. The maximum atomic E-state index is 5.13. The third-order valence-electron chi connectivity index (χ3n) is 10.1. The van der Waals surface area contributed by atoms with E-state index >= 15 is 0 Å². The maximum Gasteiger partial charge on any atom is 0.164 e. The number of aromatic nitrogens is 8. The fraction of sp³-hybridized carbons (Fsp3) is 0. The lowest BCUT2D eigenvalue weighted by Gasteiger charge is -2.14. The summed E-state index contributed by atoms with van der Waals surface area (Å²) < 4.78 is 0. The van der Waals surface area contributed by atoms with Gasteiger partial charge in [0, 0.05) is 45.8 Å². The lowest BCUT2D eigenvalue weighted by Crippen LogP contribution is -2.01. The number of hydrogen-bond acceptors (Lipinski definition) is 8. The van der Waals surface area contributed by atoms with Crippen LogP contribution in [-0.2, 0) is 0 Å². The molecule has 0 radical (unpaired) electrons. The molecule has 0 spiro atoms. The highest BCUT2D eigenvalue weighted by Crippen LogP contribution is 2.36. The molecule has 0 aliphatic rings. The zero-order valence-corrected chi connectivity index (χ0v) is 32.2. The molecule has 0 aliphatic heterocycles. The fourth-order valence-corrected chi connectivity index (χ4v) is 7.09. The summed E-state index contributed by atoms with van der Waals surface area (Å²) in [6, 6.07) is 64.4. The highest BCUT2D eigenvalue weighted by molar-refractivity contribution is 5.85. The van der Waals surface area contributed by atoms with E-state index in [-0.39, 0.29) is 0 Å². The molecule has 0 saturated heterocycles. The van der Waals surface area contributed by atoms with E-state index in [4.69, 9.17) is 34.9 Å². The second kappa shape index (κ2) is 16.2. The first kappa shape index (κ1) is 36.0. The van der Waals surface area contributed by atoms with Gasteiger partial charge in [0.15, 0.2) is 23.3 Å². The van der Waals surface area contributed by atoms with Crippen LogP contribution in [0.15, 0.2) is 207 Å². The van der Waals surface area contributed by atoms with Crippen LogP contribution in [0.3, 0.4) is 0 Å². The monoisotopic (exact) mass is 770 g/mol. The van der Waals surface area contributed by atoms with Crippen molar-refractivity contribution in [3.05, 3.63) is 207 Å². The van der Waals surface area contributed by atoms with Crippen molar-refractivity contribution in [2.24, 2.45) is 0 Å². The second-order valence-corrected chi connectivity index (χ2v) is 14.1. The van der Waals surface area contributed by atoms with Crippen molar-refractivity contribution in [2.75, 3.05) is 0 Å². The van der Waals surface area contributed by atoms with Gasteiger partial charge in [-0.05, 0) is 53.6 Å². The van der Waals surface area contributed by atoms with Gasteiger partial charge in [-0.3, -0.25) is 9.97 Å². The molecule has 10 aromatic rings. The van der Waals surface area contributed by atoms with E-state index in [1.54, 1.807) is 6.20 Å². The Labute approximate surface area is 347 Å². The molecule has 0 aliphatic carbocycles. The van der Waals surface area contributed by atoms with Gasteiger partial charge in [0.05, 0.1) is 34.2 Å². The number of nitrogens with zero attached hydrogens (tertiary/aromatic N) is 8. The highest BCUT2D eigenvalue weighted by Gasteiger charge is 2.18. The van der Waals surface area contributed by atoms with Gasteiger partial charge in [-0.2, -0.15) is 0 Å². The van der Waals surface area contributed by atoms with Gasteiger partial charge >= 0.3 is 0 Å². The van der Waals surface area contributed by atoms with Gasteiger partial charge in [-0.1, -0.05) is 152 Å². The van der Waals surface area contributed by atoms with E-state index in [0.717, 1.165) is 61.6 Å². The molecule has 8 heteroatoms. The summed E-state index contributed by atoms with van der Waals surface area (Å²) in [5, 5.41) is 0. The Hall–Kier alpha value is -8.36. The van der Waals surface area contributed by atoms with Crippen molar-refractivity contribution in [1.82, 2.24) is 39.9 Å². The number of benzene rings is 5. The first-order valence-corrected chi connectivity index (χ1v) is 19.6. The van der Waals surface area contributed by atoms with Crippen molar-refractivity contribution >= 4 is 0 Å². The summed E-state index contributed by atoms with van der Waals surface area (Å²) in [5.74, 6) is 2.40. The van der Waals surface area contributed by atoms with Gasteiger partial charge in [0.2, 0.25) is 0 Å². The fourth-order valence-electron chi connectivity index (χ4n) is 7.09. The van der Waals surface area contributed by atoms with E-state index in [9.17, 15) is 0 Å². The Morgan fingerprint density at radius 1 is 0.233 bits per heavy atom. The summed E-state index contributed by atoms with van der Waals surface area (Å²) in [6.45, 7) is 0.